The van der Waals surface area contributed by atoms with Crippen molar-refractivity contribution in [2.75, 3.05) is 19.9 Å². The molecule has 0 aliphatic carbocycles. The summed E-state index contributed by atoms with van der Waals surface area (Å²) in [5.74, 6) is 0. The third kappa shape index (κ3) is 3.94. The van der Waals surface area contributed by atoms with Crippen molar-refractivity contribution in [2.45, 2.75) is 19.9 Å². The fourth-order valence-electron chi connectivity index (χ4n) is 0.543. The molecule has 0 saturated carbocycles. The topological polar surface area (TPSA) is 35.5 Å². The Morgan fingerprint density at radius 1 is 1.30 bits per heavy atom. The Balaban J connectivity index is 3.61. The summed E-state index contributed by atoms with van der Waals surface area (Å²) in [5, 5.41) is 0. The highest BCUT2D eigenvalue weighted by Crippen LogP contribution is 2.24. The molecule has 10 heavy (non-hydrogen) atoms. The first kappa shape index (κ1) is 10.0. The highest BCUT2D eigenvalue weighted by Gasteiger charge is 2.25. The molecule has 4 heteroatoms. The Morgan fingerprint density at radius 3 is 1.90 bits per heavy atom. The van der Waals surface area contributed by atoms with Crippen LogP contribution in [-0.2, 0) is 14.0 Å². The molecule has 0 saturated heterocycles. The van der Waals surface area contributed by atoms with E-state index in [1.807, 2.05) is 13.8 Å². The van der Waals surface area contributed by atoms with E-state index in [1.165, 1.54) is 0 Å². The smallest absolute Gasteiger partial charge is 0.313 e. The lowest BCUT2D eigenvalue weighted by Gasteiger charge is -2.04. The molecule has 0 aromatic heterocycles. The SMILES string of the molecule is CCOC(OCC)[P+](C)=O. The maximum atomic E-state index is 10.8. The molecule has 0 spiro atoms. The normalized spacial score (nSPS) is 12.2. The summed E-state index contributed by atoms with van der Waals surface area (Å²) in [6, 6.07) is -0.509. The second-order valence-electron chi connectivity index (χ2n) is 1.76. The fraction of sp³-hybridized carbons (Fsp3) is 1.00. The van der Waals surface area contributed by atoms with E-state index in [4.69, 9.17) is 9.47 Å². The van der Waals surface area contributed by atoms with Gasteiger partial charge in [0.25, 0.3) is 0 Å². The van der Waals surface area contributed by atoms with E-state index in [1.54, 1.807) is 6.66 Å². The van der Waals surface area contributed by atoms with E-state index in [0.717, 1.165) is 0 Å². The van der Waals surface area contributed by atoms with Crippen LogP contribution in [0.25, 0.3) is 0 Å². The van der Waals surface area contributed by atoms with Crippen LogP contribution in [0.3, 0.4) is 0 Å². The van der Waals surface area contributed by atoms with Gasteiger partial charge in [-0.2, -0.15) is 0 Å². The molecule has 0 N–H and O–H groups in total. The maximum absolute atomic E-state index is 10.8. The van der Waals surface area contributed by atoms with Crippen LogP contribution in [0.15, 0.2) is 0 Å². The highest BCUT2D eigenvalue weighted by molar-refractivity contribution is 7.44. The molecule has 0 radical (unpaired) electrons. The van der Waals surface area contributed by atoms with Crippen molar-refractivity contribution in [1.29, 1.82) is 0 Å². The minimum atomic E-state index is -1.37. The Bertz CT molecular complexity index is 99.2. The van der Waals surface area contributed by atoms with Gasteiger partial charge in [0, 0.05) is 0 Å². The quantitative estimate of drug-likeness (QED) is 0.460. The van der Waals surface area contributed by atoms with Crippen molar-refractivity contribution in [3.8, 4) is 0 Å². The van der Waals surface area contributed by atoms with E-state index in [2.05, 4.69) is 0 Å². The second kappa shape index (κ2) is 5.78. The minimum Gasteiger partial charge on any atom is -0.313 e. The van der Waals surface area contributed by atoms with Gasteiger partial charge >= 0.3 is 13.8 Å². The summed E-state index contributed by atoms with van der Waals surface area (Å²) >= 11 is 0. The number of hydrogen-bond donors (Lipinski definition) is 0. The van der Waals surface area contributed by atoms with Crippen molar-refractivity contribution in [3.63, 3.8) is 0 Å². The Hall–Kier alpha value is 0.0200. The second-order valence-corrected chi connectivity index (χ2v) is 3.28. The molecule has 0 aromatic carbocycles. The van der Waals surface area contributed by atoms with Crippen LogP contribution in [0, 0.1) is 0 Å². The first-order valence-electron chi connectivity index (χ1n) is 3.35. The van der Waals surface area contributed by atoms with Crippen molar-refractivity contribution in [3.05, 3.63) is 0 Å². The molecule has 0 aliphatic heterocycles. The summed E-state index contributed by atoms with van der Waals surface area (Å²) in [7, 11) is -1.37. The van der Waals surface area contributed by atoms with Gasteiger partial charge in [-0.25, -0.2) is 0 Å². The van der Waals surface area contributed by atoms with E-state index in [0.29, 0.717) is 13.2 Å². The van der Waals surface area contributed by atoms with Gasteiger partial charge in [0.05, 0.1) is 13.2 Å². The van der Waals surface area contributed by atoms with Crippen LogP contribution >= 0.6 is 7.80 Å². The summed E-state index contributed by atoms with van der Waals surface area (Å²) in [4.78, 5) is 0. The fourth-order valence-corrected chi connectivity index (χ4v) is 1.26. The Morgan fingerprint density at radius 2 is 1.70 bits per heavy atom. The lowest BCUT2D eigenvalue weighted by molar-refractivity contribution is -0.0793. The molecule has 1 atom stereocenters. The molecule has 60 valence electrons. The van der Waals surface area contributed by atoms with Gasteiger partial charge in [0.15, 0.2) is 0 Å². The summed E-state index contributed by atoms with van der Waals surface area (Å²) in [6.07, 6.45) is 0. The zero-order valence-electron chi connectivity index (χ0n) is 6.66. The lowest BCUT2D eigenvalue weighted by Crippen LogP contribution is -2.12. The van der Waals surface area contributed by atoms with Gasteiger partial charge in [-0.3, -0.25) is 0 Å². The largest absolute Gasteiger partial charge is 0.398 e. The predicted molar refractivity (Wildman–Crippen MR) is 40.6 cm³/mol. The molecular formula is C6H14O3P+. The average Bonchev–Trinajstić information content (AvgIpc) is 1.87. The van der Waals surface area contributed by atoms with Gasteiger partial charge in [0.1, 0.15) is 6.66 Å². The number of ether oxygens (including phenoxy) is 2. The van der Waals surface area contributed by atoms with Crippen molar-refractivity contribution >= 4 is 7.80 Å². The molecule has 0 fully saturated rings. The Kier molecular flexibility index (Phi) is 5.79. The highest BCUT2D eigenvalue weighted by atomic mass is 31.1. The van der Waals surface area contributed by atoms with Gasteiger partial charge in [-0.1, -0.05) is 4.57 Å². The molecule has 1 unspecified atom stereocenters. The van der Waals surface area contributed by atoms with Crippen LogP contribution in [0.4, 0.5) is 0 Å². The van der Waals surface area contributed by atoms with Crippen molar-refractivity contribution in [2.24, 2.45) is 0 Å². The molecule has 0 bridgehead atoms. The molecule has 0 amide bonds. The molecule has 0 rings (SSSR count). The predicted octanol–water partition coefficient (Wildman–Crippen LogP) is 1.80. The number of hydrogen-bond acceptors (Lipinski definition) is 3. The van der Waals surface area contributed by atoms with E-state index in [-0.39, 0.29) is 0 Å². The van der Waals surface area contributed by atoms with Crippen LogP contribution in [-0.4, -0.2) is 25.9 Å². The molecular weight excluding hydrogens is 151 g/mol. The van der Waals surface area contributed by atoms with Crippen LogP contribution in [0.2, 0.25) is 0 Å². The third-order valence-corrected chi connectivity index (χ3v) is 1.81. The zero-order chi connectivity index (χ0) is 7.98. The molecule has 0 heterocycles. The van der Waals surface area contributed by atoms with Gasteiger partial charge in [-0.15, -0.1) is 0 Å². The van der Waals surface area contributed by atoms with Gasteiger partial charge in [-0.05, 0) is 13.8 Å². The van der Waals surface area contributed by atoms with E-state index < -0.39 is 13.8 Å². The monoisotopic (exact) mass is 165 g/mol. The van der Waals surface area contributed by atoms with Crippen LogP contribution < -0.4 is 0 Å². The molecule has 0 aliphatic rings. The van der Waals surface area contributed by atoms with Crippen molar-refractivity contribution < 1.29 is 14.0 Å². The summed E-state index contributed by atoms with van der Waals surface area (Å²) < 4.78 is 20.9. The van der Waals surface area contributed by atoms with Crippen LogP contribution in [0.1, 0.15) is 13.8 Å². The summed E-state index contributed by atoms with van der Waals surface area (Å²) in [6.45, 7) is 6.39. The molecule has 3 nitrogen and oxygen atoms in total. The third-order valence-electron chi connectivity index (χ3n) is 0.915. The van der Waals surface area contributed by atoms with E-state index in [9.17, 15) is 4.57 Å². The van der Waals surface area contributed by atoms with E-state index >= 15 is 0 Å². The maximum Gasteiger partial charge on any atom is 0.398 e. The van der Waals surface area contributed by atoms with Crippen molar-refractivity contribution in [1.82, 2.24) is 0 Å². The first-order valence-corrected chi connectivity index (χ1v) is 5.13. The van der Waals surface area contributed by atoms with Gasteiger partial charge < -0.3 is 9.47 Å². The van der Waals surface area contributed by atoms with Crippen LogP contribution in [0.5, 0.6) is 0 Å². The first-order chi connectivity index (χ1) is 4.72. The van der Waals surface area contributed by atoms with Gasteiger partial charge in [0.2, 0.25) is 0 Å². The standard InChI is InChI=1S/C6H14O3P/c1-4-8-6(9-5-2)10(3)7/h6H,4-5H2,1-3H3/q+1. The Labute approximate surface area is 62.5 Å². The minimum absolute atomic E-state index is 0.509. The number of rotatable bonds is 5. The molecule has 0 aromatic rings. The average molecular weight is 165 g/mol. The lowest BCUT2D eigenvalue weighted by atomic mass is 10.9. The summed E-state index contributed by atoms with van der Waals surface area (Å²) in [5.41, 5.74) is 0. The zero-order valence-corrected chi connectivity index (χ0v) is 7.56.